The van der Waals surface area contributed by atoms with Crippen molar-refractivity contribution in [2.24, 2.45) is 0 Å². The molecule has 0 aliphatic rings. The lowest BCUT2D eigenvalue weighted by Gasteiger charge is -2.06. The monoisotopic (exact) mass is 295 g/mol. The number of amides is 1. The zero-order chi connectivity index (χ0) is 14.3. The van der Waals surface area contributed by atoms with Crippen molar-refractivity contribution in [3.8, 4) is 5.88 Å². The smallest absolute Gasteiger partial charge is 0.261 e. The minimum absolute atomic E-state index is 0.0248. The minimum Gasteiger partial charge on any atom is -0.481 e. The third kappa shape index (κ3) is 6.25. The summed E-state index contributed by atoms with van der Waals surface area (Å²) in [5, 5.41) is 2.46. The second-order valence-electron chi connectivity index (χ2n) is 3.32. The van der Waals surface area contributed by atoms with Crippen molar-refractivity contribution in [1.29, 1.82) is 0 Å². The Labute approximate surface area is 113 Å². The van der Waals surface area contributed by atoms with E-state index in [1.807, 2.05) is 0 Å². The number of carbonyl (C=O) groups excluding carboxylic acids is 1. The average Bonchev–Trinajstić information content (AvgIpc) is 2.33. The Morgan fingerprint density at radius 3 is 2.89 bits per heavy atom. The lowest BCUT2D eigenvalue weighted by Crippen LogP contribution is -2.17. The Balaban J connectivity index is 2.41. The predicted molar refractivity (Wildman–Crippen MR) is 63.7 cm³/mol. The number of aromatic nitrogens is 2. The molecule has 9 heteroatoms. The van der Waals surface area contributed by atoms with E-state index in [1.54, 1.807) is 0 Å². The number of alkyl halides is 2. The van der Waals surface area contributed by atoms with Crippen LogP contribution in [0.15, 0.2) is 6.07 Å². The van der Waals surface area contributed by atoms with E-state index in [1.165, 1.54) is 13.2 Å². The fourth-order valence-corrected chi connectivity index (χ4v) is 1.26. The molecule has 0 unspecified atom stereocenters. The molecule has 106 valence electrons. The molecular weight excluding hydrogens is 284 g/mol. The van der Waals surface area contributed by atoms with Gasteiger partial charge in [-0.15, -0.1) is 0 Å². The number of hydrogen-bond donors (Lipinski definition) is 1. The number of nitrogens with one attached hydrogen (secondary N) is 1. The van der Waals surface area contributed by atoms with Gasteiger partial charge in [-0.05, 0) is 0 Å². The first-order chi connectivity index (χ1) is 9.01. The first-order valence-electron chi connectivity index (χ1n) is 5.25. The van der Waals surface area contributed by atoms with Crippen LogP contribution in [0.5, 0.6) is 5.88 Å². The van der Waals surface area contributed by atoms with E-state index in [0.717, 1.165) is 0 Å². The fourth-order valence-electron chi connectivity index (χ4n) is 1.08. The molecule has 1 rings (SSSR count). The molecule has 0 aliphatic heterocycles. The van der Waals surface area contributed by atoms with E-state index < -0.39 is 18.9 Å². The molecule has 0 saturated heterocycles. The van der Waals surface area contributed by atoms with Crippen LogP contribution in [0.25, 0.3) is 0 Å². The summed E-state index contributed by atoms with van der Waals surface area (Å²) in [6.07, 6.45) is -2.64. The summed E-state index contributed by atoms with van der Waals surface area (Å²) in [5.41, 5.74) is 0. The van der Waals surface area contributed by atoms with Crippen molar-refractivity contribution in [2.45, 2.75) is 12.8 Å². The van der Waals surface area contributed by atoms with Crippen molar-refractivity contribution in [1.82, 2.24) is 9.97 Å². The third-order valence-corrected chi connectivity index (χ3v) is 2.04. The molecular formula is C10H12ClF2N3O3. The number of carbonyl (C=O) groups is 1. The summed E-state index contributed by atoms with van der Waals surface area (Å²) in [6.45, 7) is -0.817. The van der Waals surface area contributed by atoms with E-state index in [2.05, 4.69) is 20.0 Å². The predicted octanol–water partition coefficient (Wildman–Crippen LogP) is 1.75. The zero-order valence-corrected chi connectivity index (χ0v) is 10.8. The van der Waals surface area contributed by atoms with Crippen LogP contribution in [0.2, 0.25) is 5.15 Å². The highest BCUT2D eigenvalue weighted by atomic mass is 35.5. The molecule has 1 aromatic heterocycles. The highest BCUT2D eigenvalue weighted by Gasteiger charge is 2.09. The molecule has 0 bridgehead atoms. The molecule has 0 fully saturated rings. The largest absolute Gasteiger partial charge is 0.481 e. The van der Waals surface area contributed by atoms with Gasteiger partial charge in [-0.2, -0.15) is 4.98 Å². The van der Waals surface area contributed by atoms with Crippen LogP contribution in [0, 0.1) is 0 Å². The number of ether oxygens (including phenoxy) is 2. The van der Waals surface area contributed by atoms with Crippen LogP contribution < -0.4 is 10.1 Å². The van der Waals surface area contributed by atoms with Crippen LogP contribution >= 0.6 is 11.6 Å². The van der Waals surface area contributed by atoms with Crippen molar-refractivity contribution < 1.29 is 23.0 Å². The van der Waals surface area contributed by atoms with E-state index in [0.29, 0.717) is 0 Å². The number of nitrogens with zero attached hydrogens (tertiary/aromatic N) is 2. The molecule has 0 atom stereocenters. The van der Waals surface area contributed by atoms with Crippen LogP contribution in [0.4, 0.5) is 14.7 Å². The van der Waals surface area contributed by atoms with Crippen molar-refractivity contribution >= 4 is 23.5 Å². The van der Waals surface area contributed by atoms with E-state index >= 15 is 0 Å². The van der Waals surface area contributed by atoms with Gasteiger partial charge in [-0.25, -0.2) is 13.8 Å². The standard InChI is InChI=1S/C10H12ClF2N3O3/c1-18-9-4-6(11)14-10(16-9)15-8(17)2-3-19-5-7(12)13/h4,7H,2-3,5H2,1H3,(H,14,15,16,17). The highest BCUT2D eigenvalue weighted by molar-refractivity contribution is 6.29. The van der Waals surface area contributed by atoms with Gasteiger partial charge in [0.25, 0.3) is 6.43 Å². The minimum atomic E-state index is -2.55. The molecule has 0 radical (unpaired) electrons. The third-order valence-electron chi connectivity index (χ3n) is 1.85. The van der Waals surface area contributed by atoms with Gasteiger partial charge in [0.15, 0.2) is 0 Å². The average molecular weight is 296 g/mol. The Morgan fingerprint density at radius 1 is 1.53 bits per heavy atom. The molecule has 0 aromatic carbocycles. The number of anilines is 1. The number of hydrogen-bond acceptors (Lipinski definition) is 5. The van der Waals surface area contributed by atoms with Crippen LogP contribution in [0.3, 0.4) is 0 Å². The summed E-state index contributed by atoms with van der Waals surface area (Å²) < 4.78 is 32.9. The summed E-state index contributed by atoms with van der Waals surface area (Å²) in [4.78, 5) is 19.0. The maximum absolute atomic E-state index is 11.8. The summed E-state index contributed by atoms with van der Waals surface area (Å²) >= 11 is 5.68. The second kappa shape index (κ2) is 7.80. The second-order valence-corrected chi connectivity index (χ2v) is 3.71. The first kappa shape index (κ1) is 15.5. The molecule has 6 nitrogen and oxygen atoms in total. The topological polar surface area (TPSA) is 73.3 Å². The Hall–Kier alpha value is -1.54. The lowest BCUT2D eigenvalue weighted by atomic mass is 10.4. The molecule has 0 saturated carbocycles. The number of methoxy groups -OCH3 is 1. The molecule has 0 spiro atoms. The molecule has 1 aromatic rings. The summed E-state index contributed by atoms with van der Waals surface area (Å²) in [7, 11) is 1.39. The lowest BCUT2D eigenvalue weighted by molar-refractivity contribution is -0.117. The normalized spacial score (nSPS) is 10.6. The van der Waals surface area contributed by atoms with Gasteiger partial charge in [0.1, 0.15) is 11.8 Å². The molecule has 19 heavy (non-hydrogen) atoms. The molecule has 1 heterocycles. The van der Waals surface area contributed by atoms with Crippen LogP contribution in [-0.4, -0.2) is 42.6 Å². The Morgan fingerprint density at radius 2 is 2.26 bits per heavy atom. The first-order valence-corrected chi connectivity index (χ1v) is 5.63. The number of rotatable bonds is 7. The molecule has 1 amide bonds. The van der Waals surface area contributed by atoms with Crippen molar-refractivity contribution in [2.75, 3.05) is 25.6 Å². The van der Waals surface area contributed by atoms with E-state index in [9.17, 15) is 13.6 Å². The summed E-state index contributed by atoms with van der Waals surface area (Å²) in [5.74, 6) is -0.300. The molecule has 0 aliphatic carbocycles. The maximum atomic E-state index is 11.8. The highest BCUT2D eigenvalue weighted by Crippen LogP contribution is 2.15. The SMILES string of the molecule is COc1cc(Cl)nc(NC(=O)CCOCC(F)F)n1. The van der Waals surface area contributed by atoms with Gasteiger partial charge in [0, 0.05) is 6.07 Å². The van der Waals surface area contributed by atoms with Gasteiger partial charge in [-0.1, -0.05) is 11.6 Å². The Kier molecular flexibility index (Phi) is 6.37. The van der Waals surface area contributed by atoms with Gasteiger partial charge in [0.2, 0.25) is 17.7 Å². The molecule has 1 N–H and O–H groups in total. The van der Waals surface area contributed by atoms with E-state index in [-0.39, 0.29) is 30.0 Å². The maximum Gasteiger partial charge on any atom is 0.261 e. The van der Waals surface area contributed by atoms with Crippen LogP contribution in [0.1, 0.15) is 6.42 Å². The quantitative estimate of drug-likeness (QED) is 0.613. The van der Waals surface area contributed by atoms with Gasteiger partial charge in [0.05, 0.1) is 20.1 Å². The van der Waals surface area contributed by atoms with Gasteiger partial charge < -0.3 is 9.47 Å². The van der Waals surface area contributed by atoms with Crippen molar-refractivity contribution in [3.05, 3.63) is 11.2 Å². The fraction of sp³-hybridized carbons (Fsp3) is 0.500. The van der Waals surface area contributed by atoms with E-state index in [4.69, 9.17) is 16.3 Å². The zero-order valence-electron chi connectivity index (χ0n) is 10.0. The Bertz CT molecular complexity index is 434. The summed E-state index contributed by atoms with van der Waals surface area (Å²) in [6, 6.07) is 1.38. The van der Waals surface area contributed by atoms with Crippen LogP contribution in [-0.2, 0) is 9.53 Å². The number of halogens is 3. The van der Waals surface area contributed by atoms with Gasteiger partial charge in [-0.3, -0.25) is 10.1 Å². The van der Waals surface area contributed by atoms with Crippen molar-refractivity contribution in [3.63, 3.8) is 0 Å². The van der Waals surface area contributed by atoms with Gasteiger partial charge >= 0.3 is 0 Å².